The van der Waals surface area contributed by atoms with E-state index in [9.17, 15) is 9.90 Å². The normalized spacial score (nSPS) is 23.5. The van der Waals surface area contributed by atoms with Gasteiger partial charge in [-0.15, -0.1) is 0 Å². The van der Waals surface area contributed by atoms with Crippen molar-refractivity contribution >= 4 is 21.9 Å². The van der Waals surface area contributed by atoms with Gasteiger partial charge in [0, 0.05) is 23.1 Å². The number of methoxy groups -OCH3 is 1. The van der Waals surface area contributed by atoms with E-state index in [0.717, 1.165) is 22.3 Å². The second-order valence-corrected chi connectivity index (χ2v) is 6.20. The highest BCUT2D eigenvalue weighted by Crippen LogP contribution is 2.32. The van der Waals surface area contributed by atoms with Crippen LogP contribution in [0.15, 0.2) is 22.7 Å². The molecule has 2 rings (SSSR count). The third-order valence-corrected chi connectivity index (χ3v) is 4.20. The first-order valence-electron chi connectivity index (χ1n) is 6.23. The average molecular weight is 328 g/mol. The number of carbonyl (C=O) groups is 1. The standard InChI is InChI=1S/C14H18BrNO3/c1-14(13(17)18)5-6-16(9-14)8-10-7-11(15)3-4-12(10)19-2/h3-4,7H,5-6,8-9H2,1-2H3,(H,17,18). The van der Waals surface area contributed by atoms with E-state index in [1.807, 2.05) is 25.1 Å². The summed E-state index contributed by atoms with van der Waals surface area (Å²) in [6.45, 7) is 3.91. The molecule has 0 spiro atoms. The number of nitrogens with zero attached hydrogens (tertiary/aromatic N) is 1. The average Bonchev–Trinajstić information content (AvgIpc) is 2.73. The van der Waals surface area contributed by atoms with Gasteiger partial charge < -0.3 is 9.84 Å². The number of carboxylic acids is 1. The molecule has 1 aromatic rings. The fourth-order valence-electron chi connectivity index (χ4n) is 2.48. The molecule has 1 unspecified atom stereocenters. The molecule has 0 amide bonds. The fourth-order valence-corrected chi connectivity index (χ4v) is 2.89. The molecule has 0 bridgehead atoms. The van der Waals surface area contributed by atoms with Crippen molar-refractivity contribution in [1.29, 1.82) is 0 Å². The molecular weight excluding hydrogens is 310 g/mol. The van der Waals surface area contributed by atoms with Crippen LogP contribution in [0.3, 0.4) is 0 Å². The van der Waals surface area contributed by atoms with E-state index in [1.54, 1.807) is 7.11 Å². The lowest BCUT2D eigenvalue weighted by Gasteiger charge is -2.21. The Bertz CT molecular complexity index is 492. The molecule has 0 radical (unpaired) electrons. The zero-order valence-corrected chi connectivity index (χ0v) is 12.7. The second kappa shape index (κ2) is 5.51. The second-order valence-electron chi connectivity index (χ2n) is 5.28. The molecule has 1 aliphatic heterocycles. The number of halogens is 1. The molecule has 1 saturated heterocycles. The molecule has 1 heterocycles. The Labute approximate surface area is 121 Å². The number of carboxylic acid groups (broad SMARTS) is 1. The highest BCUT2D eigenvalue weighted by molar-refractivity contribution is 9.10. The van der Waals surface area contributed by atoms with Crippen LogP contribution in [0.5, 0.6) is 5.75 Å². The van der Waals surface area contributed by atoms with Crippen LogP contribution < -0.4 is 4.74 Å². The Hall–Kier alpha value is -1.07. The maximum absolute atomic E-state index is 11.2. The number of rotatable bonds is 4. The molecule has 19 heavy (non-hydrogen) atoms. The van der Waals surface area contributed by atoms with Gasteiger partial charge in [-0.2, -0.15) is 0 Å². The van der Waals surface area contributed by atoms with E-state index >= 15 is 0 Å². The van der Waals surface area contributed by atoms with Gasteiger partial charge in [-0.1, -0.05) is 15.9 Å². The summed E-state index contributed by atoms with van der Waals surface area (Å²) < 4.78 is 6.35. The zero-order valence-electron chi connectivity index (χ0n) is 11.1. The molecule has 1 N–H and O–H groups in total. The van der Waals surface area contributed by atoms with Gasteiger partial charge in [-0.05, 0) is 38.1 Å². The van der Waals surface area contributed by atoms with Crippen molar-refractivity contribution in [3.05, 3.63) is 28.2 Å². The molecule has 1 aromatic carbocycles. The van der Waals surface area contributed by atoms with Crippen molar-refractivity contribution < 1.29 is 14.6 Å². The fraction of sp³-hybridized carbons (Fsp3) is 0.500. The SMILES string of the molecule is COc1ccc(Br)cc1CN1CCC(C)(C(=O)O)C1. The lowest BCUT2D eigenvalue weighted by atomic mass is 9.90. The lowest BCUT2D eigenvalue weighted by Crippen LogP contribution is -2.31. The minimum atomic E-state index is -0.712. The highest BCUT2D eigenvalue weighted by Gasteiger charge is 2.40. The predicted octanol–water partition coefficient (Wildman–Crippen LogP) is 2.75. The quantitative estimate of drug-likeness (QED) is 0.923. The van der Waals surface area contributed by atoms with Gasteiger partial charge in [0.15, 0.2) is 0 Å². The van der Waals surface area contributed by atoms with Crippen LogP contribution in [0.2, 0.25) is 0 Å². The number of ether oxygens (including phenoxy) is 1. The summed E-state index contributed by atoms with van der Waals surface area (Å²) >= 11 is 3.45. The van der Waals surface area contributed by atoms with Crippen LogP contribution >= 0.6 is 15.9 Å². The monoisotopic (exact) mass is 327 g/mol. The first-order chi connectivity index (χ1) is 8.94. The molecule has 4 nitrogen and oxygen atoms in total. The Morgan fingerprint density at radius 1 is 1.58 bits per heavy atom. The summed E-state index contributed by atoms with van der Waals surface area (Å²) in [6.07, 6.45) is 0.693. The third kappa shape index (κ3) is 3.09. The summed E-state index contributed by atoms with van der Waals surface area (Å²) in [7, 11) is 1.65. The van der Waals surface area contributed by atoms with Gasteiger partial charge in [0.05, 0.1) is 12.5 Å². The van der Waals surface area contributed by atoms with Crippen LogP contribution in [-0.2, 0) is 11.3 Å². The first kappa shape index (κ1) is 14.3. The van der Waals surface area contributed by atoms with E-state index in [0.29, 0.717) is 19.5 Å². The summed E-state index contributed by atoms with van der Waals surface area (Å²) in [5, 5.41) is 9.24. The Morgan fingerprint density at radius 3 is 2.89 bits per heavy atom. The van der Waals surface area contributed by atoms with E-state index < -0.39 is 11.4 Å². The van der Waals surface area contributed by atoms with Crippen LogP contribution in [-0.4, -0.2) is 36.2 Å². The number of hydrogen-bond donors (Lipinski definition) is 1. The summed E-state index contributed by atoms with van der Waals surface area (Å²) in [5.41, 5.74) is 0.450. The van der Waals surface area contributed by atoms with Crippen molar-refractivity contribution in [2.45, 2.75) is 19.9 Å². The third-order valence-electron chi connectivity index (χ3n) is 3.71. The largest absolute Gasteiger partial charge is 0.496 e. The molecule has 1 atom stereocenters. The van der Waals surface area contributed by atoms with Crippen LogP contribution in [0.4, 0.5) is 0 Å². The maximum atomic E-state index is 11.2. The predicted molar refractivity (Wildman–Crippen MR) is 76.3 cm³/mol. The Balaban J connectivity index is 2.11. The molecule has 1 aliphatic rings. The lowest BCUT2D eigenvalue weighted by molar-refractivity contribution is -0.147. The van der Waals surface area contributed by atoms with Crippen LogP contribution in [0.25, 0.3) is 0 Å². The van der Waals surface area contributed by atoms with Gasteiger partial charge in [0.25, 0.3) is 0 Å². The van der Waals surface area contributed by atoms with Crippen molar-refractivity contribution in [2.24, 2.45) is 5.41 Å². The minimum absolute atomic E-state index is 0.581. The summed E-state index contributed by atoms with van der Waals surface area (Å²) in [4.78, 5) is 13.4. The molecule has 1 fully saturated rings. The Kier molecular flexibility index (Phi) is 4.16. The van der Waals surface area contributed by atoms with E-state index in [2.05, 4.69) is 20.8 Å². The van der Waals surface area contributed by atoms with Gasteiger partial charge >= 0.3 is 5.97 Å². The maximum Gasteiger partial charge on any atom is 0.310 e. The summed E-state index contributed by atoms with van der Waals surface area (Å²) in [6, 6.07) is 5.88. The Morgan fingerprint density at radius 2 is 2.32 bits per heavy atom. The van der Waals surface area contributed by atoms with Gasteiger partial charge in [-0.3, -0.25) is 9.69 Å². The minimum Gasteiger partial charge on any atom is -0.496 e. The van der Waals surface area contributed by atoms with Gasteiger partial charge in [0.2, 0.25) is 0 Å². The molecule has 0 aliphatic carbocycles. The van der Waals surface area contributed by atoms with E-state index in [1.165, 1.54) is 0 Å². The topological polar surface area (TPSA) is 49.8 Å². The molecule has 5 heteroatoms. The van der Waals surface area contributed by atoms with E-state index in [-0.39, 0.29) is 0 Å². The van der Waals surface area contributed by atoms with Crippen molar-refractivity contribution in [2.75, 3.05) is 20.2 Å². The van der Waals surface area contributed by atoms with Crippen molar-refractivity contribution in [1.82, 2.24) is 4.90 Å². The number of benzene rings is 1. The number of likely N-dealkylation sites (tertiary alicyclic amines) is 1. The molecule has 0 aromatic heterocycles. The molecule has 104 valence electrons. The first-order valence-corrected chi connectivity index (χ1v) is 7.02. The zero-order chi connectivity index (χ0) is 14.0. The summed E-state index contributed by atoms with van der Waals surface area (Å²) in [5.74, 6) is 0.128. The van der Waals surface area contributed by atoms with Gasteiger partial charge in [-0.25, -0.2) is 0 Å². The van der Waals surface area contributed by atoms with Crippen LogP contribution in [0, 0.1) is 5.41 Å². The molecular formula is C14H18BrNO3. The smallest absolute Gasteiger partial charge is 0.310 e. The molecule has 0 saturated carbocycles. The number of hydrogen-bond acceptors (Lipinski definition) is 3. The van der Waals surface area contributed by atoms with Crippen molar-refractivity contribution in [3.63, 3.8) is 0 Å². The van der Waals surface area contributed by atoms with Crippen LogP contribution in [0.1, 0.15) is 18.9 Å². The van der Waals surface area contributed by atoms with E-state index in [4.69, 9.17) is 4.74 Å². The highest BCUT2D eigenvalue weighted by atomic mass is 79.9. The van der Waals surface area contributed by atoms with Crippen molar-refractivity contribution in [3.8, 4) is 5.75 Å². The van der Waals surface area contributed by atoms with Gasteiger partial charge in [0.1, 0.15) is 5.75 Å². The number of aliphatic carboxylic acids is 1.